The molecule has 6 heteroatoms. The van der Waals surface area contributed by atoms with E-state index in [0.29, 0.717) is 46.3 Å². The average molecular weight is 347 g/mol. The summed E-state index contributed by atoms with van der Waals surface area (Å²) in [7, 11) is 1.67. The number of carboxylic acid groups (broad SMARTS) is 1. The van der Waals surface area contributed by atoms with Crippen molar-refractivity contribution in [3.8, 4) is 0 Å². The van der Waals surface area contributed by atoms with Crippen LogP contribution < -0.4 is 5.32 Å². The molecule has 134 valence electrons. The molecule has 0 aliphatic carbocycles. The molecule has 25 heavy (non-hydrogen) atoms. The lowest BCUT2D eigenvalue weighted by atomic mass is 9.88. The summed E-state index contributed by atoms with van der Waals surface area (Å²) in [5.41, 5.74) is 4.21. The normalized spacial score (nSPS) is 13.4. The van der Waals surface area contributed by atoms with E-state index in [9.17, 15) is 14.0 Å². The lowest BCUT2D eigenvalue weighted by Gasteiger charge is -2.19. The summed E-state index contributed by atoms with van der Waals surface area (Å²) in [6, 6.07) is 0. The van der Waals surface area contributed by atoms with E-state index in [-0.39, 0.29) is 13.0 Å². The zero-order chi connectivity index (χ0) is 18.7. The number of carbonyl (C=O) groups excluding carboxylic acids is 1. The lowest BCUT2D eigenvalue weighted by Crippen LogP contribution is -2.09. The van der Waals surface area contributed by atoms with Gasteiger partial charge in [0.1, 0.15) is 12.4 Å². The number of hydrogen-bond acceptors (Lipinski definition) is 4. The number of allylic oxidation sites excluding steroid dienone is 2. The number of esters is 1. The third kappa shape index (κ3) is 3.73. The van der Waals surface area contributed by atoms with E-state index in [0.717, 1.165) is 5.57 Å². The van der Waals surface area contributed by atoms with Crippen molar-refractivity contribution < 1.29 is 23.8 Å². The number of anilines is 1. The van der Waals surface area contributed by atoms with E-state index >= 15 is 0 Å². The summed E-state index contributed by atoms with van der Waals surface area (Å²) in [6.07, 6.45) is 2.68. The number of carboxylic acids is 1. The van der Waals surface area contributed by atoms with E-state index in [1.807, 2.05) is 13.0 Å². The molecule has 0 atom stereocenters. The number of benzene rings is 1. The molecule has 0 amide bonds. The topological polar surface area (TPSA) is 75.6 Å². The van der Waals surface area contributed by atoms with Gasteiger partial charge >= 0.3 is 11.9 Å². The van der Waals surface area contributed by atoms with Gasteiger partial charge in [-0.05, 0) is 37.8 Å². The summed E-state index contributed by atoms with van der Waals surface area (Å²) in [6.45, 7) is 7.15. The average Bonchev–Trinajstić information content (AvgIpc) is 2.93. The molecule has 1 aromatic rings. The molecule has 0 spiro atoms. The Morgan fingerprint density at radius 1 is 1.44 bits per heavy atom. The fourth-order valence-corrected chi connectivity index (χ4v) is 3.14. The number of hydrogen-bond donors (Lipinski definition) is 2. The number of ether oxygens (including phenoxy) is 1. The highest BCUT2D eigenvalue weighted by Crippen LogP contribution is 2.39. The van der Waals surface area contributed by atoms with Gasteiger partial charge in [0.05, 0.1) is 11.3 Å². The smallest absolute Gasteiger partial charge is 0.341 e. The van der Waals surface area contributed by atoms with Crippen molar-refractivity contribution in [1.29, 1.82) is 0 Å². The Morgan fingerprint density at radius 2 is 2.12 bits per heavy atom. The Labute approximate surface area is 146 Å². The molecule has 0 unspecified atom stereocenters. The van der Waals surface area contributed by atoms with E-state index in [1.54, 1.807) is 14.0 Å². The number of halogens is 1. The van der Waals surface area contributed by atoms with Gasteiger partial charge in [-0.3, -0.25) is 4.79 Å². The molecular weight excluding hydrogens is 325 g/mol. The Morgan fingerprint density at radius 3 is 2.68 bits per heavy atom. The van der Waals surface area contributed by atoms with Crippen molar-refractivity contribution in [2.24, 2.45) is 0 Å². The molecule has 0 radical (unpaired) electrons. The quantitative estimate of drug-likeness (QED) is 0.576. The summed E-state index contributed by atoms with van der Waals surface area (Å²) in [5, 5.41) is 11.8. The van der Waals surface area contributed by atoms with Crippen molar-refractivity contribution in [1.82, 2.24) is 0 Å². The van der Waals surface area contributed by atoms with Crippen molar-refractivity contribution in [3.63, 3.8) is 0 Å². The Kier molecular flexibility index (Phi) is 5.62. The van der Waals surface area contributed by atoms with E-state index in [2.05, 4.69) is 11.9 Å². The van der Waals surface area contributed by atoms with Gasteiger partial charge in [-0.1, -0.05) is 18.2 Å². The van der Waals surface area contributed by atoms with Gasteiger partial charge in [0.15, 0.2) is 0 Å². The first kappa shape index (κ1) is 18.7. The van der Waals surface area contributed by atoms with Gasteiger partial charge in [0.2, 0.25) is 0 Å². The molecule has 0 bridgehead atoms. The van der Waals surface area contributed by atoms with E-state index in [4.69, 9.17) is 9.84 Å². The zero-order valence-corrected chi connectivity index (χ0v) is 14.7. The summed E-state index contributed by atoms with van der Waals surface area (Å²) in [5.74, 6) is -1.85. The number of carbonyl (C=O) groups is 2. The molecule has 0 aromatic heterocycles. The molecule has 1 aromatic carbocycles. The first-order chi connectivity index (χ1) is 11.8. The second-order valence-corrected chi connectivity index (χ2v) is 6.09. The third-order valence-electron chi connectivity index (χ3n) is 4.44. The van der Waals surface area contributed by atoms with Gasteiger partial charge < -0.3 is 15.2 Å². The number of cyclic esters (lactones) is 1. The number of rotatable bonds is 7. The van der Waals surface area contributed by atoms with Gasteiger partial charge in [-0.2, -0.15) is 0 Å². The predicted molar refractivity (Wildman–Crippen MR) is 94.3 cm³/mol. The molecule has 0 saturated carbocycles. The molecule has 1 aliphatic heterocycles. The van der Waals surface area contributed by atoms with Gasteiger partial charge in [0, 0.05) is 24.6 Å². The number of aliphatic carboxylic acids is 1. The number of fused-ring (bicyclic) bond motifs is 1. The first-order valence-corrected chi connectivity index (χ1v) is 8.03. The largest absolute Gasteiger partial charge is 0.481 e. The Hall–Kier alpha value is -2.63. The fourth-order valence-electron chi connectivity index (χ4n) is 3.14. The maximum Gasteiger partial charge on any atom is 0.341 e. The molecule has 2 N–H and O–H groups in total. The van der Waals surface area contributed by atoms with Crippen molar-refractivity contribution in [2.75, 3.05) is 12.4 Å². The minimum Gasteiger partial charge on any atom is -0.481 e. The van der Waals surface area contributed by atoms with Gasteiger partial charge in [-0.25, -0.2) is 9.18 Å². The third-order valence-corrected chi connectivity index (χ3v) is 4.44. The molecular formula is C19H22FNO4. The second-order valence-electron chi connectivity index (χ2n) is 6.09. The molecule has 1 heterocycles. The second kappa shape index (κ2) is 7.51. The highest BCUT2D eigenvalue weighted by Gasteiger charge is 2.31. The molecule has 2 rings (SSSR count). The summed E-state index contributed by atoms with van der Waals surface area (Å²) < 4.78 is 19.3. The van der Waals surface area contributed by atoms with Crippen molar-refractivity contribution in [3.05, 3.63) is 46.0 Å². The van der Waals surface area contributed by atoms with Crippen LogP contribution in [0.25, 0.3) is 5.83 Å². The molecule has 1 aliphatic rings. The van der Waals surface area contributed by atoms with Crippen LogP contribution in [0, 0.1) is 6.92 Å². The maximum absolute atomic E-state index is 14.2. The van der Waals surface area contributed by atoms with E-state index in [1.165, 1.54) is 0 Å². The predicted octanol–water partition coefficient (Wildman–Crippen LogP) is 4.00. The van der Waals surface area contributed by atoms with E-state index < -0.39 is 17.8 Å². The SMILES string of the molecule is C=C(F)c1c(C)c2c(c(NC)c1CC=C(C)CCC(=O)O)C(=O)OC2. The van der Waals surface area contributed by atoms with Crippen LogP contribution in [-0.4, -0.2) is 24.1 Å². The summed E-state index contributed by atoms with van der Waals surface area (Å²) >= 11 is 0. The van der Waals surface area contributed by atoms with Crippen LogP contribution in [0.2, 0.25) is 0 Å². The highest BCUT2D eigenvalue weighted by atomic mass is 19.1. The van der Waals surface area contributed by atoms with Crippen LogP contribution in [0.4, 0.5) is 10.1 Å². The van der Waals surface area contributed by atoms with Crippen LogP contribution in [0.1, 0.15) is 52.4 Å². The zero-order valence-electron chi connectivity index (χ0n) is 14.7. The Balaban J connectivity index is 2.52. The minimum absolute atomic E-state index is 0.0411. The van der Waals surface area contributed by atoms with Crippen molar-refractivity contribution in [2.45, 2.75) is 39.7 Å². The molecule has 0 fully saturated rings. The van der Waals surface area contributed by atoms with Crippen LogP contribution in [-0.2, 0) is 22.6 Å². The monoisotopic (exact) mass is 347 g/mol. The first-order valence-electron chi connectivity index (χ1n) is 8.03. The van der Waals surface area contributed by atoms with Crippen molar-refractivity contribution >= 4 is 23.5 Å². The van der Waals surface area contributed by atoms with Crippen LogP contribution >= 0.6 is 0 Å². The van der Waals surface area contributed by atoms with Crippen LogP contribution in [0.3, 0.4) is 0 Å². The van der Waals surface area contributed by atoms with Crippen LogP contribution in [0.15, 0.2) is 18.2 Å². The standard InChI is InChI=1S/C19H22FNO4/c1-10(6-8-15(22)23)5-7-13-16(12(3)20)11(2)14-9-25-19(24)17(14)18(13)21-4/h5,21H,3,6-9H2,1-2,4H3,(H,22,23). The molecule has 5 nitrogen and oxygen atoms in total. The maximum atomic E-state index is 14.2. The molecule has 0 saturated heterocycles. The fraction of sp³-hybridized carbons (Fsp3) is 0.368. The lowest BCUT2D eigenvalue weighted by molar-refractivity contribution is -0.136. The Bertz CT molecular complexity index is 780. The van der Waals surface area contributed by atoms with Gasteiger partial charge in [0.25, 0.3) is 0 Å². The van der Waals surface area contributed by atoms with Crippen LogP contribution in [0.5, 0.6) is 0 Å². The van der Waals surface area contributed by atoms with Gasteiger partial charge in [-0.15, -0.1) is 0 Å². The minimum atomic E-state index is -0.863. The highest BCUT2D eigenvalue weighted by molar-refractivity contribution is 6.02. The number of nitrogens with one attached hydrogen (secondary N) is 1. The summed E-state index contributed by atoms with van der Waals surface area (Å²) in [4.78, 5) is 22.8.